The quantitative estimate of drug-likeness (QED) is 0.413. The largest absolute Gasteiger partial charge is 0.573 e. The number of allylic oxidation sites excluding steroid dienone is 2. The van der Waals surface area contributed by atoms with Crippen molar-refractivity contribution in [1.29, 1.82) is 0 Å². The molecule has 202 valence electrons. The zero-order valence-electron chi connectivity index (χ0n) is 20.8. The number of nitrogens with zero attached hydrogens (tertiary/aromatic N) is 4. The van der Waals surface area contributed by atoms with Crippen LogP contribution in [0.3, 0.4) is 0 Å². The van der Waals surface area contributed by atoms with Crippen LogP contribution in [0, 0.1) is 0 Å². The summed E-state index contributed by atoms with van der Waals surface area (Å²) < 4.78 is 49.2. The molecular formula is C27H24ClF3N6O2. The molecule has 3 heterocycles. The number of likely N-dealkylation sites (tertiary alicyclic amines) is 1. The molecule has 0 saturated carbocycles. The molecule has 1 unspecified atom stereocenters. The Kier molecular flexibility index (Phi) is 6.38. The maximum Gasteiger partial charge on any atom is 0.573 e. The number of aliphatic imine (C=N–C) groups is 1. The molecule has 2 aromatic carbocycles. The summed E-state index contributed by atoms with van der Waals surface area (Å²) in [5.74, 6) is 1.29. The van der Waals surface area contributed by atoms with Gasteiger partial charge >= 0.3 is 6.36 Å². The van der Waals surface area contributed by atoms with Gasteiger partial charge in [-0.3, -0.25) is 0 Å². The van der Waals surface area contributed by atoms with Crippen molar-refractivity contribution in [3.8, 4) is 17.2 Å². The topological polar surface area (TPSA) is 75.9 Å². The molecule has 12 heteroatoms. The van der Waals surface area contributed by atoms with Gasteiger partial charge in [0.25, 0.3) is 0 Å². The molecule has 1 atom stereocenters. The van der Waals surface area contributed by atoms with Crippen LogP contribution >= 0.6 is 11.6 Å². The Bertz CT molecular complexity index is 1490. The van der Waals surface area contributed by atoms with E-state index in [0.717, 1.165) is 59.1 Å². The van der Waals surface area contributed by atoms with E-state index in [9.17, 15) is 13.2 Å². The summed E-state index contributed by atoms with van der Waals surface area (Å²) in [6.45, 7) is 1.86. The molecule has 1 aliphatic carbocycles. The van der Waals surface area contributed by atoms with E-state index >= 15 is 0 Å². The van der Waals surface area contributed by atoms with Gasteiger partial charge in [-0.25, -0.2) is 9.98 Å². The van der Waals surface area contributed by atoms with Crippen LogP contribution in [0.15, 0.2) is 77.3 Å². The highest BCUT2D eigenvalue weighted by molar-refractivity contribution is 6.29. The molecule has 0 radical (unpaired) electrons. The van der Waals surface area contributed by atoms with Gasteiger partial charge in [0.1, 0.15) is 28.8 Å². The number of benzene rings is 2. The van der Waals surface area contributed by atoms with Gasteiger partial charge in [-0.1, -0.05) is 29.8 Å². The number of ether oxygens (including phenoxy) is 2. The average molecular weight is 557 g/mol. The van der Waals surface area contributed by atoms with Crippen molar-refractivity contribution in [1.82, 2.24) is 19.8 Å². The van der Waals surface area contributed by atoms with Gasteiger partial charge in [0.2, 0.25) is 0 Å². The molecule has 0 bridgehead atoms. The van der Waals surface area contributed by atoms with Crippen LogP contribution in [0.1, 0.15) is 18.4 Å². The Labute approximate surface area is 227 Å². The molecule has 3 aliphatic rings. The second-order valence-corrected chi connectivity index (χ2v) is 9.61. The third kappa shape index (κ3) is 5.14. The molecule has 0 spiro atoms. The monoisotopic (exact) mass is 556 g/mol. The Hall–Kier alpha value is -4.12. The summed E-state index contributed by atoms with van der Waals surface area (Å²) >= 11 is 5.98. The summed E-state index contributed by atoms with van der Waals surface area (Å²) in [5.41, 5.74) is 5.25. The van der Waals surface area contributed by atoms with E-state index in [1.807, 2.05) is 18.2 Å². The highest BCUT2D eigenvalue weighted by atomic mass is 35.5. The molecule has 1 saturated heterocycles. The van der Waals surface area contributed by atoms with E-state index in [1.54, 1.807) is 36.3 Å². The van der Waals surface area contributed by atoms with Crippen LogP contribution < -0.4 is 20.1 Å². The van der Waals surface area contributed by atoms with Gasteiger partial charge in [-0.15, -0.1) is 13.2 Å². The smallest absolute Gasteiger partial charge is 0.494 e. The molecule has 2 aliphatic heterocycles. The highest BCUT2D eigenvalue weighted by Gasteiger charge is 2.34. The van der Waals surface area contributed by atoms with E-state index in [2.05, 4.69) is 31.3 Å². The molecule has 3 aromatic rings. The van der Waals surface area contributed by atoms with Gasteiger partial charge in [0, 0.05) is 42.2 Å². The predicted molar refractivity (Wildman–Crippen MR) is 142 cm³/mol. The minimum Gasteiger partial charge on any atom is -0.494 e. The first kappa shape index (κ1) is 25.2. The molecule has 6 rings (SSSR count). The lowest BCUT2D eigenvalue weighted by Crippen LogP contribution is -2.48. The second-order valence-electron chi connectivity index (χ2n) is 9.22. The van der Waals surface area contributed by atoms with Crippen molar-refractivity contribution in [3.05, 3.63) is 83.1 Å². The molecule has 8 nitrogen and oxygen atoms in total. The van der Waals surface area contributed by atoms with Crippen molar-refractivity contribution < 1.29 is 22.6 Å². The normalized spacial score (nSPS) is 18.6. The van der Waals surface area contributed by atoms with Crippen molar-refractivity contribution in [2.75, 3.05) is 25.5 Å². The standard InChI is InChI=1S/C27H24ClF3N6O2/c1-38-22-13-17(5-10-21(22)37-14-23(28)32-15-37)33-26-34-24-19(8-9-20(24)25(35-26)36-11-2-12-36)16-3-6-18(7-4-16)39-27(29,30)31/h3-8,10,13-15,26,33-34H,2,9,11-12H2,1H3. The maximum atomic E-state index is 12.6. The number of hydrogen-bond acceptors (Lipinski definition) is 7. The summed E-state index contributed by atoms with van der Waals surface area (Å²) in [4.78, 5) is 11.3. The Morgan fingerprint density at radius 1 is 1.13 bits per heavy atom. The average Bonchev–Trinajstić information content (AvgIpc) is 3.49. The van der Waals surface area contributed by atoms with E-state index in [-0.39, 0.29) is 5.75 Å². The number of aromatic nitrogens is 2. The number of methoxy groups -OCH3 is 1. The molecule has 2 N–H and O–H groups in total. The first-order valence-electron chi connectivity index (χ1n) is 12.3. The summed E-state index contributed by atoms with van der Waals surface area (Å²) in [5, 5.41) is 7.30. The zero-order valence-corrected chi connectivity index (χ0v) is 21.6. The SMILES string of the molecule is COc1cc(NC2N=C(N3CCC3)C3=C(N2)C(c2ccc(OC(F)(F)F)cc2)=CC3)ccc1-n1cnc(Cl)c1. The lowest BCUT2D eigenvalue weighted by molar-refractivity contribution is -0.274. The molecule has 1 fully saturated rings. The summed E-state index contributed by atoms with van der Waals surface area (Å²) in [6.07, 6.45) is 1.95. The third-order valence-corrected chi connectivity index (χ3v) is 6.95. The first-order valence-corrected chi connectivity index (χ1v) is 12.7. The molecule has 0 amide bonds. The minimum absolute atomic E-state index is 0.256. The fourth-order valence-electron chi connectivity index (χ4n) is 4.84. The van der Waals surface area contributed by atoms with Crippen molar-refractivity contribution in [3.63, 3.8) is 0 Å². The van der Waals surface area contributed by atoms with Crippen LogP contribution in [0.2, 0.25) is 5.15 Å². The number of hydrogen-bond donors (Lipinski definition) is 2. The number of halogens is 4. The lowest BCUT2D eigenvalue weighted by Gasteiger charge is -2.38. The third-order valence-electron chi connectivity index (χ3n) is 6.75. The maximum absolute atomic E-state index is 12.6. The molecule has 39 heavy (non-hydrogen) atoms. The van der Waals surface area contributed by atoms with E-state index in [4.69, 9.17) is 21.3 Å². The Morgan fingerprint density at radius 3 is 2.56 bits per heavy atom. The number of amidine groups is 1. The Balaban J connectivity index is 1.26. The van der Waals surface area contributed by atoms with Crippen molar-refractivity contribution >= 4 is 28.7 Å². The summed E-state index contributed by atoms with van der Waals surface area (Å²) in [7, 11) is 1.60. The van der Waals surface area contributed by atoms with Crippen LogP contribution in [0.5, 0.6) is 11.5 Å². The number of alkyl halides is 3. The fourth-order valence-corrected chi connectivity index (χ4v) is 4.99. The van der Waals surface area contributed by atoms with Crippen LogP contribution in [0.4, 0.5) is 18.9 Å². The van der Waals surface area contributed by atoms with Gasteiger partial charge < -0.3 is 29.6 Å². The first-order chi connectivity index (χ1) is 18.8. The lowest BCUT2D eigenvalue weighted by atomic mass is 10.0. The van der Waals surface area contributed by atoms with Crippen molar-refractivity contribution in [2.45, 2.75) is 25.5 Å². The number of anilines is 1. The van der Waals surface area contributed by atoms with E-state index < -0.39 is 12.7 Å². The van der Waals surface area contributed by atoms with Gasteiger partial charge in [0.05, 0.1) is 18.5 Å². The highest BCUT2D eigenvalue weighted by Crippen LogP contribution is 2.38. The minimum atomic E-state index is -4.73. The van der Waals surface area contributed by atoms with Gasteiger partial charge in [0.15, 0.2) is 6.29 Å². The van der Waals surface area contributed by atoms with Crippen LogP contribution in [-0.2, 0) is 0 Å². The summed E-state index contributed by atoms with van der Waals surface area (Å²) in [6, 6.07) is 11.6. The van der Waals surface area contributed by atoms with Crippen LogP contribution in [0.25, 0.3) is 11.3 Å². The number of imidazole rings is 1. The zero-order chi connectivity index (χ0) is 27.1. The number of rotatable bonds is 6. The molecular weight excluding hydrogens is 533 g/mol. The number of nitrogens with one attached hydrogen (secondary N) is 2. The second kappa shape index (κ2) is 9.88. The molecule has 1 aromatic heterocycles. The van der Waals surface area contributed by atoms with Crippen molar-refractivity contribution in [2.24, 2.45) is 4.99 Å². The van der Waals surface area contributed by atoms with Crippen LogP contribution in [-0.4, -0.2) is 53.1 Å². The van der Waals surface area contributed by atoms with Gasteiger partial charge in [-0.2, -0.15) is 0 Å². The fraction of sp³-hybridized carbons (Fsp3) is 0.259. The Morgan fingerprint density at radius 2 is 1.92 bits per heavy atom. The van der Waals surface area contributed by atoms with E-state index in [0.29, 0.717) is 17.3 Å². The van der Waals surface area contributed by atoms with E-state index in [1.165, 1.54) is 12.1 Å². The van der Waals surface area contributed by atoms with Gasteiger partial charge in [-0.05, 0) is 42.7 Å². The predicted octanol–water partition coefficient (Wildman–Crippen LogP) is 5.58.